The molecular weight excluding hydrogens is 120 g/mol. The minimum absolute atomic E-state index is 1.14. The summed E-state index contributed by atoms with van der Waals surface area (Å²) in [5, 5.41) is 0. The molecule has 0 bridgehead atoms. The van der Waals surface area contributed by atoms with E-state index < -0.39 is 0 Å². The number of hydrogen-bond acceptors (Lipinski definition) is 0. The molecule has 0 fully saturated rings. The molecule has 0 heteroatoms. The van der Waals surface area contributed by atoms with E-state index in [2.05, 4.69) is 26.2 Å². The average Bonchev–Trinajstić information content (AvgIpc) is 1.99. The molecule has 0 N–H and O–H groups in total. The molecule has 0 saturated carbocycles. The summed E-state index contributed by atoms with van der Waals surface area (Å²) in [5.74, 6) is 0. The van der Waals surface area contributed by atoms with E-state index in [-0.39, 0.29) is 0 Å². The van der Waals surface area contributed by atoms with E-state index >= 15 is 0 Å². The van der Waals surface area contributed by atoms with Crippen LogP contribution in [0.1, 0.15) is 13.8 Å². The Labute approximate surface area is 63.3 Å². The van der Waals surface area contributed by atoms with E-state index in [1.165, 1.54) is 5.57 Å². The molecule has 54 valence electrons. The molecule has 0 nitrogen and oxygen atoms in total. The van der Waals surface area contributed by atoms with E-state index in [0.29, 0.717) is 0 Å². The molecule has 0 spiro atoms. The molecule has 0 amide bonds. The Morgan fingerprint density at radius 1 is 1.30 bits per heavy atom. The predicted molar refractivity (Wildman–Crippen MR) is 47.9 cm³/mol. The van der Waals surface area contributed by atoms with Gasteiger partial charge in [0, 0.05) is 0 Å². The van der Waals surface area contributed by atoms with Crippen molar-refractivity contribution in [2.24, 2.45) is 0 Å². The summed E-state index contributed by atoms with van der Waals surface area (Å²) >= 11 is 0. The van der Waals surface area contributed by atoms with Gasteiger partial charge in [0.05, 0.1) is 0 Å². The zero-order valence-corrected chi connectivity index (χ0v) is 6.72. The summed E-state index contributed by atoms with van der Waals surface area (Å²) in [5.41, 5.74) is 2.37. The minimum atomic E-state index is 1.14. The third-order valence-corrected chi connectivity index (χ3v) is 1.41. The Bertz CT molecular complexity index is 180. The quantitative estimate of drug-likeness (QED) is 0.520. The standard InChI is InChI=1S/C10H14/c1-5-8-10(7-3)9(4)6-2/h5-8H,1,3H2,2,4H3/b9-6-,10-8+. The summed E-state index contributed by atoms with van der Waals surface area (Å²) in [4.78, 5) is 0. The van der Waals surface area contributed by atoms with Gasteiger partial charge in [-0.15, -0.1) is 0 Å². The highest BCUT2D eigenvalue weighted by atomic mass is 13.9. The molecule has 0 aliphatic carbocycles. The molecule has 0 aliphatic rings. The Morgan fingerprint density at radius 3 is 2.20 bits per heavy atom. The highest BCUT2D eigenvalue weighted by molar-refractivity contribution is 5.38. The van der Waals surface area contributed by atoms with Crippen molar-refractivity contribution in [3.63, 3.8) is 0 Å². The lowest BCUT2D eigenvalue weighted by Crippen LogP contribution is -1.77. The Kier molecular flexibility index (Phi) is 4.30. The van der Waals surface area contributed by atoms with E-state index in [1.807, 2.05) is 19.1 Å². The van der Waals surface area contributed by atoms with Gasteiger partial charge in [-0.2, -0.15) is 0 Å². The first-order valence-corrected chi connectivity index (χ1v) is 3.34. The third kappa shape index (κ3) is 2.49. The Morgan fingerprint density at radius 2 is 1.90 bits per heavy atom. The molecule has 0 aliphatic heterocycles. The zero-order valence-electron chi connectivity index (χ0n) is 6.72. The van der Waals surface area contributed by atoms with Crippen molar-refractivity contribution in [1.82, 2.24) is 0 Å². The lowest BCUT2D eigenvalue weighted by atomic mass is 10.1. The van der Waals surface area contributed by atoms with Gasteiger partial charge in [0.15, 0.2) is 0 Å². The Balaban J connectivity index is 4.51. The van der Waals surface area contributed by atoms with Crippen molar-refractivity contribution in [3.05, 3.63) is 48.6 Å². The largest absolute Gasteiger partial charge is 0.0990 e. The number of hydrogen-bond donors (Lipinski definition) is 0. The summed E-state index contributed by atoms with van der Waals surface area (Å²) in [6.45, 7) is 11.4. The van der Waals surface area contributed by atoms with Gasteiger partial charge < -0.3 is 0 Å². The van der Waals surface area contributed by atoms with E-state index in [4.69, 9.17) is 0 Å². The van der Waals surface area contributed by atoms with Crippen LogP contribution >= 0.6 is 0 Å². The summed E-state index contributed by atoms with van der Waals surface area (Å²) in [7, 11) is 0. The van der Waals surface area contributed by atoms with Crippen LogP contribution in [-0.4, -0.2) is 0 Å². The molecule has 0 aromatic carbocycles. The Hall–Kier alpha value is -1.04. The fraction of sp³-hybridized carbons (Fsp3) is 0.200. The molecule has 0 radical (unpaired) electrons. The van der Waals surface area contributed by atoms with Crippen molar-refractivity contribution < 1.29 is 0 Å². The van der Waals surface area contributed by atoms with Gasteiger partial charge in [0.25, 0.3) is 0 Å². The smallest absolute Gasteiger partial charge is 0.0237 e. The van der Waals surface area contributed by atoms with Crippen LogP contribution in [0.4, 0.5) is 0 Å². The first kappa shape index (κ1) is 8.96. The van der Waals surface area contributed by atoms with Crippen LogP contribution in [0.15, 0.2) is 48.6 Å². The zero-order chi connectivity index (χ0) is 7.98. The van der Waals surface area contributed by atoms with Gasteiger partial charge in [-0.25, -0.2) is 0 Å². The first-order valence-electron chi connectivity index (χ1n) is 3.34. The van der Waals surface area contributed by atoms with Gasteiger partial charge in [0.2, 0.25) is 0 Å². The second kappa shape index (κ2) is 4.80. The van der Waals surface area contributed by atoms with Crippen molar-refractivity contribution in [2.75, 3.05) is 0 Å². The maximum atomic E-state index is 3.69. The monoisotopic (exact) mass is 134 g/mol. The van der Waals surface area contributed by atoms with Crippen LogP contribution in [0.5, 0.6) is 0 Å². The van der Waals surface area contributed by atoms with Gasteiger partial charge in [-0.3, -0.25) is 0 Å². The lowest BCUT2D eigenvalue weighted by molar-refractivity contribution is 1.40. The van der Waals surface area contributed by atoms with Crippen LogP contribution in [0.2, 0.25) is 0 Å². The van der Waals surface area contributed by atoms with Crippen molar-refractivity contribution in [1.29, 1.82) is 0 Å². The molecule has 0 saturated heterocycles. The van der Waals surface area contributed by atoms with Gasteiger partial charge >= 0.3 is 0 Å². The number of rotatable bonds is 3. The molecule has 0 rings (SSSR count). The fourth-order valence-electron chi connectivity index (χ4n) is 0.654. The van der Waals surface area contributed by atoms with E-state index in [0.717, 1.165) is 5.57 Å². The molecule has 0 unspecified atom stereocenters. The van der Waals surface area contributed by atoms with Gasteiger partial charge in [0.1, 0.15) is 0 Å². The highest BCUT2D eigenvalue weighted by Crippen LogP contribution is 2.09. The third-order valence-electron chi connectivity index (χ3n) is 1.41. The minimum Gasteiger partial charge on any atom is -0.0990 e. The van der Waals surface area contributed by atoms with Crippen molar-refractivity contribution in [2.45, 2.75) is 13.8 Å². The van der Waals surface area contributed by atoms with E-state index in [9.17, 15) is 0 Å². The van der Waals surface area contributed by atoms with Crippen LogP contribution in [0.25, 0.3) is 0 Å². The first-order chi connectivity index (χ1) is 4.76. The average molecular weight is 134 g/mol. The van der Waals surface area contributed by atoms with Crippen molar-refractivity contribution in [3.8, 4) is 0 Å². The van der Waals surface area contributed by atoms with Crippen molar-refractivity contribution >= 4 is 0 Å². The number of allylic oxidation sites excluding steroid dienone is 6. The lowest BCUT2D eigenvalue weighted by Gasteiger charge is -1.97. The molecule has 0 aromatic heterocycles. The molecule has 0 atom stereocenters. The van der Waals surface area contributed by atoms with Crippen LogP contribution in [-0.2, 0) is 0 Å². The highest BCUT2D eigenvalue weighted by Gasteiger charge is 1.89. The molecule has 0 heterocycles. The molecule has 0 aromatic rings. The molecular formula is C10H14. The fourth-order valence-corrected chi connectivity index (χ4v) is 0.654. The summed E-state index contributed by atoms with van der Waals surface area (Å²) in [6, 6.07) is 0. The van der Waals surface area contributed by atoms with E-state index in [1.54, 1.807) is 6.08 Å². The maximum absolute atomic E-state index is 3.69. The van der Waals surface area contributed by atoms with Crippen LogP contribution in [0, 0.1) is 0 Å². The SMILES string of the molecule is C=C/C=C(C=C)/C(C)=C\C. The maximum Gasteiger partial charge on any atom is -0.0237 e. The normalized spacial score (nSPS) is 13.0. The summed E-state index contributed by atoms with van der Waals surface area (Å²) < 4.78 is 0. The van der Waals surface area contributed by atoms with Crippen LogP contribution < -0.4 is 0 Å². The second-order valence-corrected chi connectivity index (χ2v) is 2.03. The topological polar surface area (TPSA) is 0 Å². The second-order valence-electron chi connectivity index (χ2n) is 2.03. The molecule has 10 heavy (non-hydrogen) atoms. The summed E-state index contributed by atoms with van der Waals surface area (Å²) in [6.07, 6.45) is 7.60. The van der Waals surface area contributed by atoms with Crippen LogP contribution in [0.3, 0.4) is 0 Å². The van der Waals surface area contributed by atoms with Gasteiger partial charge in [-0.1, -0.05) is 37.5 Å². The predicted octanol–water partition coefficient (Wildman–Crippen LogP) is 3.25. The van der Waals surface area contributed by atoms with Gasteiger partial charge in [-0.05, 0) is 25.0 Å².